The van der Waals surface area contributed by atoms with Crippen LogP contribution in [0.15, 0.2) is 0 Å². The Balaban J connectivity index is 3.23. The average molecular weight is 258 g/mol. The number of aliphatic hydroxyl groups excluding tert-OH is 1. The second kappa shape index (κ2) is 13.4. The smallest absolute Gasteiger partial charge is 0.0547 e. The van der Waals surface area contributed by atoms with Gasteiger partial charge in [0.15, 0.2) is 0 Å². The minimum atomic E-state index is -0.122. The van der Waals surface area contributed by atoms with Gasteiger partial charge in [0.1, 0.15) is 0 Å². The van der Waals surface area contributed by atoms with E-state index in [-0.39, 0.29) is 6.10 Å². The van der Waals surface area contributed by atoms with Gasteiger partial charge < -0.3 is 9.84 Å². The first-order valence-electron chi connectivity index (χ1n) is 8.00. The van der Waals surface area contributed by atoms with E-state index in [2.05, 4.69) is 13.8 Å². The molecular formula is C16H34O2. The van der Waals surface area contributed by atoms with E-state index in [9.17, 15) is 5.11 Å². The lowest BCUT2D eigenvalue weighted by Gasteiger charge is -2.14. The molecule has 0 fully saturated rings. The maximum absolute atomic E-state index is 9.85. The molecule has 2 nitrogen and oxygen atoms in total. The Labute approximate surface area is 114 Å². The Kier molecular flexibility index (Phi) is 13.3. The third kappa shape index (κ3) is 12.4. The Morgan fingerprint density at radius 2 is 1.44 bits per heavy atom. The van der Waals surface area contributed by atoms with Crippen molar-refractivity contribution in [1.29, 1.82) is 0 Å². The van der Waals surface area contributed by atoms with Crippen molar-refractivity contribution in [1.82, 2.24) is 0 Å². The van der Waals surface area contributed by atoms with Crippen molar-refractivity contribution < 1.29 is 9.84 Å². The van der Waals surface area contributed by atoms with E-state index in [1.165, 1.54) is 44.9 Å². The summed E-state index contributed by atoms with van der Waals surface area (Å²) in [5.74, 6) is 0. The molecule has 1 N–H and O–H groups in total. The highest BCUT2D eigenvalue weighted by molar-refractivity contribution is 4.60. The molecule has 0 saturated carbocycles. The number of unbranched alkanes of at least 4 members (excludes halogenated alkanes) is 6. The zero-order chi connectivity index (χ0) is 13.6. The Morgan fingerprint density at radius 1 is 0.833 bits per heavy atom. The molecule has 0 heterocycles. The molecule has 0 amide bonds. The summed E-state index contributed by atoms with van der Waals surface area (Å²) < 4.78 is 5.46. The molecule has 0 spiro atoms. The second-order valence-corrected chi connectivity index (χ2v) is 5.41. The number of rotatable bonds is 13. The second-order valence-electron chi connectivity index (χ2n) is 5.41. The van der Waals surface area contributed by atoms with Crippen LogP contribution in [0.4, 0.5) is 0 Å². The summed E-state index contributed by atoms with van der Waals surface area (Å²) in [7, 11) is 0. The van der Waals surface area contributed by atoms with E-state index in [4.69, 9.17) is 4.74 Å². The number of hydrogen-bond donors (Lipinski definition) is 1. The fourth-order valence-corrected chi connectivity index (χ4v) is 2.28. The number of hydrogen-bond acceptors (Lipinski definition) is 2. The standard InChI is InChI=1S/C16H34O2/c1-4-6-7-8-9-10-11-12-16(17)14-13-15(3)18-5-2/h15-17H,4-14H2,1-3H3. The zero-order valence-electron chi connectivity index (χ0n) is 12.8. The van der Waals surface area contributed by atoms with Crippen LogP contribution in [0, 0.1) is 0 Å². The summed E-state index contributed by atoms with van der Waals surface area (Å²) in [6.45, 7) is 7.13. The highest BCUT2D eigenvalue weighted by atomic mass is 16.5. The van der Waals surface area contributed by atoms with Crippen LogP contribution in [0.1, 0.15) is 85.0 Å². The maximum atomic E-state index is 9.85. The molecule has 0 aromatic rings. The van der Waals surface area contributed by atoms with E-state index >= 15 is 0 Å². The topological polar surface area (TPSA) is 29.5 Å². The van der Waals surface area contributed by atoms with Crippen LogP contribution in [0.5, 0.6) is 0 Å². The Bertz CT molecular complexity index is 159. The van der Waals surface area contributed by atoms with Gasteiger partial charge >= 0.3 is 0 Å². The van der Waals surface area contributed by atoms with Gasteiger partial charge in [-0.3, -0.25) is 0 Å². The largest absolute Gasteiger partial charge is 0.393 e. The van der Waals surface area contributed by atoms with Gasteiger partial charge in [-0.05, 0) is 33.1 Å². The summed E-state index contributed by atoms with van der Waals surface area (Å²) in [4.78, 5) is 0. The fourth-order valence-electron chi connectivity index (χ4n) is 2.28. The maximum Gasteiger partial charge on any atom is 0.0547 e. The van der Waals surface area contributed by atoms with Gasteiger partial charge in [-0.15, -0.1) is 0 Å². The Morgan fingerprint density at radius 3 is 2.06 bits per heavy atom. The number of aliphatic hydroxyl groups is 1. The lowest BCUT2D eigenvalue weighted by atomic mass is 10.0. The lowest BCUT2D eigenvalue weighted by Crippen LogP contribution is -2.13. The molecule has 0 aliphatic rings. The van der Waals surface area contributed by atoms with Gasteiger partial charge in [0.25, 0.3) is 0 Å². The molecule has 2 heteroatoms. The van der Waals surface area contributed by atoms with E-state index in [0.717, 1.165) is 25.9 Å². The highest BCUT2D eigenvalue weighted by Gasteiger charge is 2.07. The van der Waals surface area contributed by atoms with Crippen LogP contribution < -0.4 is 0 Å². The third-order valence-electron chi connectivity index (χ3n) is 3.50. The third-order valence-corrected chi connectivity index (χ3v) is 3.50. The van der Waals surface area contributed by atoms with Crippen molar-refractivity contribution in [2.75, 3.05) is 6.61 Å². The molecule has 0 rings (SSSR count). The highest BCUT2D eigenvalue weighted by Crippen LogP contribution is 2.13. The van der Waals surface area contributed by atoms with Gasteiger partial charge in [-0.2, -0.15) is 0 Å². The summed E-state index contributed by atoms with van der Waals surface area (Å²) >= 11 is 0. The molecule has 2 atom stereocenters. The molecule has 0 saturated heterocycles. The predicted molar refractivity (Wildman–Crippen MR) is 78.9 cm³/mol. The summed E-state index contributed by atoms with van der Waals surface area (Å²) in [5.41, 5.74) is 0. The molecule has 0 bridgehead atoms. The van der Waals surface area contributed by atoms with Crippen LogP contribution >= 0.6 is 0 Å². The van der Waals surface area contributed by atoms with Crippen molar-refractivity contribution in [3.8, 4) is 0 Å². The molecule has 0 radical (unpaired) electrons. The SMILES string of the molecule is CCCCCCCCCC(O)CCC(C)OCC. The minimum Gasteiger partial charge on any atom is -0.393 e. The van der Waals surface area contributed by atoms with Crippen LogP contribution in [0.3, 0.4) is 0 Å². The van der Waals surface area contributed by atoms with Gasteiger partial charge in [0, 0.05) is 6.61 Å². The summed E-state index contributed by atoms with van der Waals surface area (Å²) in [6.07, 6.45) is 12.2. The molecule has 18 heavy (non-hydrogen) atoms. The predicted octanol–water partition coefficient (Wildman–Crippen LogP) is 4.69. The van der Waals surface area contributed by atoms with Gasteiger partial charge in [0.2, 0.25) is 0 Å². The molecule has 0 aliphatic heterocycles. The molecule has 110 valence electrons. The van der Waals surface area contributed by atoms with Crippen LogP contribution in [0.2, 0.25) is 0 Å². The van der Waals surface area contributed by atoms with Crippen molar-refractivity contribution in [3.63, 3.8) is 0 Å². The van der Waals surface area contributed by atoms with Crippen molar-refractivity contribution >= 4 is 0 Å². The van der Waals surface area contributed by atoms with Crippen LogP contribution in [-0.4, -0.2) is 23.9 Å². The first-order chi connectivity index (χ1) is 8.70. The minimum absolute atomic E-state index is 0.122. The molecule has 0 aromatic heterocycles. The normalized spacial score (nSPS) is 14.7. The van der Waals surface area contributed by atoms with Gasteiger partial charge in [-0.1, -0.05) is 51.9 Å². The van der Waals surface area contributed by atoms with Crippen molar-refractivity contribution in [2.24, 2.45) is 0 Å². The van der Waals surface area contributed by atoms with Gasteiger partial charge in [-0.25, -0.2) is 0 Å². The summed E-state index contributed by atoms with van der Waals surface area (Å²) in [5, 5.41) is 9.85. The van der Waals surface area contributed by atoms with E-state index in [0.29, 0.717) is 6.10 Å². The molecule has 2 unspecified atom stereocenters. The van der Waals surface area contributed by atoms with Crippen LogP contribution in [0.25, 0.3) is 0 Å². The van der Waals surface area contributed by atoms with E-state index in [1.54, 1.807) is 0 Å². The Hall–Kier alpha value is -0.0800. The monoisotopic (exact) mass is 258 g/mol. The van der Waals surface area contributed by atoms with E-state index in [1.807, 2.05) is 6.92 Å². The lowest BCUT2D eigenvalue weighted by molar-refractivity contribution is 0.0528. The fraction of sp³-hybridized carbons (Fsp3) is 1.00. The first-order valence-corrected chi connectivity index (χ1v) is 8.00. The van der Waals surface area contributed by atoms with Crippen molar-refractivity contribution in [2.45, 2.75) is 97.2 Å². The zero-order valence-corrected chi connectivity index (χ0v) is 12.8. The molecule has 0 aromatic carbocycles. The molecular weight excluding hydrogens is 224 g/mol. The number of ether oxygens (including phenoxy) is 1. The van der Waals surface area contributed by atoms with Gasteiger partial charge in [0.05, 0.1) is 12.2 Å². The average Bonchev–Trinajstić information content (AvgIpc) is 2.35. The quantitative estimate of drug-likeness (QED) is 0.485. The van der Waals surface area contributed by atoms with Crippen LogP contribution in [-0.2, 0) is 4.74 Å². The molecule has 0 aliphatic carbocycles. The summed E-state index contributed by atoms with van der Waals surface area (Å²) in [6, 6.07) is 0. The first kappa shape index (κ1) is 17.9. The van der Waals surface area contributed by atoms with E-state index < -0.39 is 0 Å². The van der Waals surface area contributed by atoms with Crippen molar-refractivity contribution in [3.05, 3.63) is 0 Å².